The standard InChI is InChI=1S/C16H15N5O/c17-16(22)20-19-10-12-3-4-14-5-7-21(15(14)8-12)11-13-2-1-6-18-9-13/h1-10H,11H2,(H3,17,20,22). The van der Waals surface area contributed by atoms with Gasteiger partial charge in [-0.05, 0) is 34.7 Å². The number of carbonyl (C=O) groups is 1. The van der Waals surface area contributed by atoms with Gasteiger partial charge >= 0.3 is 6.03 Å². The SMILES string of the molecule is NC(=O)NN=Cc1ccc2ccn(Cc3cccnc3)c2c1. The molecule has 0 bridgehead atoms. The summed E-state index contributed by atoms with van der Waals surface area (Å²) in [6.07, 6.45) is 7.22. The van der Waals surface area contributed by atoms with Crippen molar-refractivity contribution >= 4 is 23.1 Å². The summed E-state index contributed by atoms with van der Waals surface area (Å²) >= 11 is 0. The van der Waals surface area contributed by atoms with E-state index in [1.165, 1.54) is 0 Å². The second-order valence-corrected chi connectivity index (χ2v) is 4.86. The second-order valence-electron chi connectivity index (χ2n) is 4.86. The van der Waals surface area contributed by atoms with Gasteiger partial charge in [-0.3, -0.25) is 4.98 Å². The number of aromatic nitrogens is 2. The largest absolute Gasteiger partial charge is 0.350 e. The first-order valence-corrected chi connectivity index (χ1v) is 6.79. The van der Waals surface area contributed by atoms with Crippen molar-refractivity contribution in [2.24, 2.45) is 10.8 Å². The molecule has 3 N–H and O–H groups in total. The first-order valence-electron chi connectivity index (χ1n) is 6.79. The summed E-state index contributed by atoms with van der Waals surface area (Å²) in [7, 11) is 0. The Balaban J connectivity index is 1.88. The third-order valence-corrected chi connectivity index (χ3v) is 3.26. The molecule has 2 aromatic heterocycles. The highest BCUT2D eigenvalue weighted by Gasteiger charge is 2.03. The number of fused-ring (bicyclic) bond motifs is 1. The lowest BCUT2D eigenvalue weighted by molar-refractivity contribution is 0.249. The molecule has 110 valence electrons. The Morgan fingerprint density at radius 1 is 1.36 bits per heavy atom. The maximum atomic E-state index is 10.6. The molecule has 1 aromatic carbocycles. The van der Waals surface area contributed by atoms with E-state index in [2.05, 4.69) is 26.1 Å². The van der Waals surface area contributed by atoms with Crippen LogP contribution in [0.3, 0.4) is 0 Å². The number of nitrogens with zero attached hydrogens (tertiary/aromatic N) is 3. The molecule has 0 fully saturated rings. The molecule has 0 spiro atoms. The van der Waals surface area contributed by atoms with Gasteiger partial charge in [0, 0.05) is 30.7 Å². The van der Waals surface area contributed by atoms with Crippen LogP contribution in [-0.2, 0) is 6.54 Å². The van der Waals surface area contributed by atoms with Gasteiger partial charge in [0.25, 0.3) is 0 Å². The number of primary amides is 1. The van der Waals surface area contributed by atoms with Crippen LogP contribution in [0.5, 0.6) is 0 Å². The molecule has 0 aliphatic rings. The third kappa shape index (κ3) is 3.12. The third-order valence-electron chi connectivity index (χ3n) is 3.26. The monoisotopic (exact) mass is 293 g/mol. The van der Waals surface area contributed by atoms with Crippen molar-refractivity contribution in [2.45, 2.75) is 6.54 Å². The number of nitrogens with one attached hydrogen (secondary N) is 1. The number of urea groups is 1. The minimum atomic E-state index is -0.683. The zero-order chi connectivity index (χ0) is 15.4. The fourth-order valence-corrected chi connectivity index (χ4v) is 2.28. The number of amides is 2. The van der Waals surface area contributed by atoms with E-state index < -0.39 is 6.03 Å². The van der Waals surface area contributed by atoms with E-state index in [1.54, 1.807) is 12.4 Å². The summed E-state index contributed by atoms with van der Waals surface area (Å²) in [5, 5.41) is 4.92. The predicted octanol–water partition coefficient (Wildman–Crippen LogP) is 2.09. The molecule has 0 radical (unpaired) electrons. The number of nitrogens with two attached hydrogens (primary N) is 1. The van der Waals surface area contributed by atoms with E-state index in [-0.39, 0.29) is 0 Å². The molecule has 0 aliphatic heterocycles. The van der Waals surface area contributed by atoms with Gasteiger partial charge in [-0.1, -0.05) is 18.2 Å². The highest BCUT2D eigenvalue weighted by Crippen LogP contribution is 2.18. The van der Waals surface area contributed by atoms with Gasteiger partial charge in [0.2, 0.25) is 0 Å². The van der Waals surface area contributed by atoms with E-state index in [0.717, 1.165) is 28.6 Å². The number of benzene rings is 1. The zero-order valence-electron chi connectivity index (χ0n) is 11.8. The van der Waals surface area contributed by atoms with Crippen LogP contribution in [0.25, 0.3) is 10.9 Å². The van der Waals surface area contributed by atoms with Crippen molar-refractivity contribution in [1.29, 1.82) is 0 Å². The number of pyridine rings is 1. The Labute approximate surface area is 127 Å². The molecule has 3 aromatic rings. The molecular formula is C16H15N5O. The van der Waals surface area contributed by atoms with E-state index in [1.807, 2.05) is 42.7 Å². The Morgan fingerprint density at radius 2 is 2.27 bits per heavy atom. The summed E-state index contributed by atoms with van der Waals surface area (Å²) in [6.45, 7) is 0.747. The van der Waals surface area contributed by atoms with E-state index >= 15 is 0 Å². The summed E-state index contributed by atoms with van der Waals surface area (Å²) in [4.78, 5) is 14.7. The first-order chi connectivity index (χ1) is 10.7. The van der Waals surface area contributed by atoms with Crippen LogP contribution in [0.2, 0.25) is 0 Å². The molecule has 22 heavy (non-hydrogen) atoms. The molecule has 2 heterocycles. The molecule has 6 heteroatoms. The minimum Gasteiger partial charge on any atom is -0.350 e. The fraction of sp³-hybridized carbons (Fsp3) is 0.0625. The lowest BCUT2D eigenvalue weighted by Crippen LogP contribution is -2.24. The van der Waals surface area contributed by atoms with Gasteiger partial charge in [0.15, 0.2) is 0 Å². The number of hydrogen-bond donors (Lipinski definition) is 2. The summed E-state index contributed by atoms with van der Waals surface area (Å²) in [5.74, 6) is 0. The van der Waals surface area contributed by atoms with Crippen LogP contribution >= 0.6 is 0 Å². The first kappa shape index (κ1) is 13.8. The average Bonchev–Trinajstić information content (AvgIpc) is 2.91. The number of hydrazone groups is 1. The molecule has 6 nitrogen and oxygen atoms in total. The Kier molecular flexibility index (Phi) is 3.82. The van der Waals surface area contributed by atoms with Crippen molar-refractivity contribution in [3.63, 3.8) is 0 Å². The molecule has 0 saturated heterocycles. The van der Waals surface area contributed by atoms with Gasteiger partial charge in [-0.25, -0.2) is 10.2 Å². The summed E-state index contributed by atoms with van der Waals surface area (Å²) in [6, 6.07) is 11.3. The fourth-order valence-electron chi connectivity index (χ4n) is 2.28. The van der Waals surface area contributed by atoms with Crippen LogP contribution in [0.4, 0.5) is 4.79 Å². The summed E-state index contributed by atoms with van der Waals surface area (Å²) in [5.41, 5.74) is 10.3. The van der Waals surface area contributed by atoms with Crippen LogP contribution < -0.4 is 11.2 Å². The van der Waals surface area contributed by atoms with Crippen molar-refractivity contribution in [2.75, 3.05) is 0 Å². The Morgan fingerprint density at radius 3 is 3.05 bits per heavy atom. The van der Waals surface area contributed by atoms with Gasteiger partial charge in [-0.2, -0.15) is 5.10 Å². The van der Waals surface area contributed by atoms with Crippen molar-refractivity contribution in [3.8, 4) is 0 Å². The van der Waals surface area contributed by atoms with Crippen molar-refractivity contribution in [1.82, 2.24) is 15.0 Å². The van der Waals surface area contributed by atoms with Gasteiger partial charge in [0.1, 0.15) is 0 Å². The van der Waals surface area contributed by atoms with Crippen molar-refractivity contribution in [3.05, 3.63) is 66.1 Å². The summed E-state index contributed by atoms with van der Waals surface area (Å²) < 4.78 is 2.14. The quantitative estimate of drug-likeness (QED) is 0.570. The maximum Gasteiger partial charge on any atom is 0.332 e. The highest BCUT2D eigenvalue weighted by atomic mass is 16.2. The molecule has 0 aliphatic carbocycles. The molecule has 0 unspecified atom stereocenters. The van der Waals surface area contributed by atoms with Crippen LogP contribution in [0.1, 0.15) is 11.1 Å². The molecule has 0 saturated carbocycles. The number of carbonyl (C=O) groups excluding carboxylic acids is 1. The normalized spacial score (nSPS) is 11.1. The topological polar surface area (TPSA) is 85.3 Å². The second kappa shape index (κ2) is 6.09. The van der Waals surface area contributed by atoms with E-state index in [9.17, 15) is 4.79 Å². The number of rotatable bonds is 4. The van der Waals surface area contributed by atoms with Gasteiger partial charge in [-0.15, -0.1) is 0 Å². The van der Waals surface area contributed by atoms with Crippen LogP contribution in [0.15, 0.2) is 60.1 Å². The maximum absolute atomic E-state index is 10.6. The van der Waals surface area contributed by atoms with Gasteiger partial charge < -0.3 is 10.3 Å². The van der Waals surface area contributed by atoms with E-state index in [4.69, 9.17) is 5.73 Å². The van der Waals surface area contributed by atoms with Crippen LogP contribution in [-0.4, -0.2) is 21.8 Å². The zero-order valence-corrected chi connectivity index (χ0v) is 11.8. The number of hydrogen-bond acceptors (Lipinski definition) is 3. The lowest BCUT2D eigenvalue weighted by Gasteiger charge is -2.06. The molecular weight excluding hydrogens is 278 g/mol. The van der Waals surface area contributed by atoms with Gasteiger partial charge in [0.05, 0.1) is 6.21 Å². The molecule has 2 amide bonds. The smallest absolute Gasteiger partial charge is 0.332 e. The van der Waals surface area contributed by atoms with Crippen LogP contribution in [0, 0.1) is 0 Å². The Bertz CT molecular complexity index is 823. The van der Waals surface area contributed by atoms with E-state index in [0.29, 0.717) is 0 Å². The average molecular weight is 293 g/mol. The molecule has 3 rings (SSSR count). The van der Waals surface area contributed by atoms with Crippen molar-refractivity contribution < 1.29 is 4.79 Å². The highest BCUT2D eigenvalue weighted by molar-refractivity contribution is 5.89. The Hall–Kier alpha value is -3.15. The predicted molar refractivity (Wildman–Crippen MR) is 85.6 cm³/mol. The molecule has 0 atom stereocenters. The lowest BCUT2D eigenvalue weighted by atomic mass is 10.2. The minimum absolute atomic E-state index is 0.683.